The smallest absolute Gasteiger partial charge is 0.128 e. The lowest BCUT2D eigenvalue weighted by atomic mass is 10.1. The molecule has 0 amide bonds. The van der Waals surface area contributed by atoms with Gasteiger partial charge in [0.25, 0.3) is 0 Å². The van der Waals surface area contributed by atoms with Crippen LogP contribution in [0, 0.1) is 12.7 Å². The van der Waals surface area contributed by atoms with Crippen LogP contribution < -0.4 is 5.32 Å². The molecule has 0 aromatic heterocycles. The highest BCUT2D eigenvalue weighted by Crippen LogP contribution is 2.22. The lowest BCUT2D eigenvalue weighted by Crippen LogP contribution is -2.27. The third-order valence-corrected chi connectivity index (χ3v) is 2.98. The van der Waals surface area contributed by atoms with E-state index in [-0.39, 0.29) is 11.9 Å². The van der Waals surface area contributed by atoms with Crippen LogP contribution in [0.5, 0.6) is 0 Å². The standard InChI is InChI=1S/C12H16FNO/c1-8-10(13)4-3-5-11(8)14-12-6-7-15-9(12)2/h3-5,9,12,14H,6-7H2,1-2H3/t9-,12-/m1/s1. The van der Waals surface area contributed by atoms with Crippen LogP contribution >= 0.6 is 0 Å². The molecule has 0 radical (unpaired) electrons. The van der Waals surface area contributed by atoms with Gasteiger partial charge in [0.2, 0.25) is 0 Å². The molecule has 0 unspecified atom stereocenters. The van der Waals surface area contributed by atoms with Crippen LogP contribution in [0.15, 0.2) is 18.2 Å². The van der Waals surface area contributed by atoms with Gasteiger partial charge in [0.15, 0.2) is 0 Å². The number of anilines is 1. The average Bonchev–Trinajstić information content (AvgIpc) is 2.60. The first kappa shape index (κ1) is 10.4. The monoisotopic (exact) mass is 209 g/mol. The van der Waals surface area contributed by atoms with E-state index in [1.807, 2.05) is 13.0 Å². The SMILES string of the molecule is Cc1c(F)cccc1N[C@@H]1CCO[C@@H]1C. The summed E-state index contributed by atoms with van der Waals surface area (Å²) in [6, 6.07) is 5.41. The second-order valence-corrected chi connectivity index (χ2v) is 4.03. The van der Waals surface area contributed by atoms with Crippen LogP contribution in [0.4, 0.5) is 10.1 Å². The molecule has 1 heterocycles. The Kier molecular flexibility index (Phi) is 2.91. The molecule has 3 heteroatoms. The van der Waals surface area contributed by atoms with E-state index in [1.54, 1.807) is 13.0 Å². The van der Waals surface area contributed by atoms with Gasteiger partial charge in [-0.05, 0) is 32.4 Å². The quantitative estimate of drug-likeness (QED) is 0.808. The number of ether oxygens (including phenoxy) is 1. The molecule has 2 nitrogen and oxygen atoms in total. The Balaban J connectivity index is 2.13. The van der Waals surface area contributed by atoms with Crippen molar-refractivity contribution < 1.29 is 9.13 Å². The maximum absolute atomic E-state index is 13.3. The number of halogens is 1. The Morgan fingerprint density at radius 3 is 2.93 bits per heavy atom. The van der Waals surface area contributed by atoms with Crippen molar-refractivity contribution in [3.63, 3.8) is 0 Å². The van der Waals surface area contributed by atoms with Crippen LogP contribution in [-0.4, -0.2) is 18.8 Å². The van der Waals surface area contributed by atoms with Gasteiger partial charge in [-0.25, -0.2) is 4.39 Å². The van der Waals surface area contributed by atoms with Gasteiger partial charge in [0.1, 0.15) is 5.82 Å². The first-order valence-corrected chi connectivity index (χ1v) is 5.31. The van der Waals surface area contributed by atoms with E-state index < -0.39 is 0 Å². The first-order chi connectivity index (χ1) is 7.18. The third kappa shape index (κ3) is 2.12. The summed E-state index contributed by atoms with van der Waals surface area (Å²) in [5.74, 6) is -0.161. The van der Waals surface area contributed by atoms with Crippen molar-refractivity contribution in [3.05, 3.63) is 29.6 Å². The van der Waals surface area contributed by atoms with Crippen LogP contribution in [0.1, 0.15) is 18.9 Å². The fourth-order valence-corrected chi connectivity index (χ4v) is 1.88. The highest BCUT2D eigenvalue weighted by molar-refractivity contribution is 5.51. The second-order valence-electron chi connectivity index (χ2n) is 4.03. The van der Waals surface area contributed by atoms with E-state index in [0.29, 0.717) is 11.6 Å². The van der Waals surface area contributed by atoms with E-state index >= 15 is 0 Å². The number of hydrogen-bond donors (Lipinski definition) is 1. The Hall–Kier alpha value is -1.09. The van der Waals surface area contributed by atoms with Gasteiger partial charge in [0, 0.05) is 17.9 Å². The third-order valence-electron chi connectivity index (χ3n) is 2.98. The summed E-state index contributed by atoms with van der Waals surface area (Å²) in [4.78, 5) is 0. The maximum atomic E-state index is 13.3. The summed E-state index contributed by atoms with van der Waals surface area (Å²) in [6.45, 7) is 4.62. The minimum absolute atomic E-state index is 0.161. The van der Waals surface area contributed by atoms with Gasteiger partial charge < -0.3 is 10.1 Å². The number of nitrogens with one attached hydrogen (secondary N) is 1. The molecule has 15 heavy (non-hydrogen) atoms. The summed E-state index contributed by atoms with van der Waals surface area (Å²) >= 11 is 0. The highest BCUT2D eigenvalue weighted by Gasteiger charge is 2.24. The van der Waals surface area contributed by atoms with E-state index in [4.69, 9.17) is 4.74 Å². The molecule has 0 aliphatic carbocycles. The van der Waals surface area contributed by atoms with Gasteiger partial charge in [-0.2, -0.15) is 0 Å². The Morgan fingerprint density at radius 2 is 2.27 bits per heavy atom. The number of benzene rings is 1. The van der Waals surface area contributed by atoms with E-state index in [1.165, 1.54) is 6.07 Å². The molecule has 1 aromatic carbocycles. The summed E-state index contributed by atoms with van der Waals surface area (Å²) in [5.41, 5.74) is 1.55. The van der Waals surface area contributed by atoms with Gasteiger partial charge >= 0.3 is 0 Å². The topological polar surface area (TPSA) is 21.3 Å². The van der Waals surface area contributed by atoms with E-state index in [0.717, 1.165) is 18.7 Å². The molecular weight excluding hydrogens is 193 g/mol. The van der Waals surface area contributed by atoms with Crippen molar-refractivity contribution in [2.75, 3.05) is 11.9 Å². The Morgan fingerprint density at radius 1 is 1.47 bits per heavy atom. The first-order valence-electron chi connectivity index (χ1n) is 5.31. The molecule has 0 spiro atoms. The maximum Gasteiger partial charge on any atom is 0.128 e. The van der Waals surface area contributed by atoms with Crippen LogP contribution in [0.2, 0.25) is 0 Å². The van der Waals surface area contributed by atoms with E-state index in [9.17, 15) is 4.39 Å². The van der Waals surface area contributed by atoms with Crippen molar-refractivity contribution in [2.24, 2.45) is 0 Å². The fraction of sp³-hybridized carbons (Fsp3) is 0.500. The molecule has 0 bridgehead atoms. The Labute approximate surface area is 89.4 Å². The summed E-state index contributed by atoms with van der Waals surface area (Å²) in [7, 11) is 0. The van der Waals surface area contributed by atoms with Gasteiger partial charge in [-0.3, -0.25) is 0 Å². The summed E-state index contributed by atoms with van der Waals surface area (Å²) < 4.78 is 18.7. The molecule has 1 saturated heterocycles. The molecule has 2 atom stereocenters. The zero-order valence-corrected chi connectivity index (χ0v) is 9.09. The second kappa shape index (κ2) is 4.19. The molecule has 1 aliphatic rings. The van der Waals surface area contributed by atoms with Crippen molar-refractivity contribution in [1.29, 1.82) is 0 Å². The molecule has 1 fully saturated rings. The normalized spacial score (nSPS) is 25.5. The Bertz CT molecular complexity index is 353. The lowest BCUT2D eigenvalue weighted by Gasteiger charge is -2.19. The van der Waals surface area contributed by atoms with Crippen molar-refractivity contribution in [2.45, 2.75) is 32.4 Å². The molecule has 2 rings (SSSR count). The van der Waals surface area contributed by atoms with Crippen molar-refractivity contribution in [3.8, 4) is 0 Å². The number of rotatable bonds is 2. The van der Waals surface area contributed by atoms with E-state index in [2.05, 4.69) is 5.32 Å². The molecule has 82 valence electrons. The van der Waals surface area contributed by atoms with Crippen molar-refractivity contribution in [1.82, 2.24) is 0 Å². The van der Waals surface area contributed by atoms with Gasteiger partial charge in [0.05, 0.1) is 12.1 Å². The zero-order valence-electron chi connectivity index (χ0n) is 9.09. The van der Waals surface area contributed by atoms with Crippen LogP contribution in [0.25, 0.3) is 0 Å². The fourth-order valence-electron chi connectivity index (χ4n) is 1.88. The minimum Gasteiger partial charge on any atom is -0.379 e. The lowest BCUT2D eigenvalue weighted by molar-refractivity contribution is 0.121. The predicted molar refractivity (Wildman–Crippen MR) is 58.6 cm³/mol. The molecule has 0 saturated carbocycles. The van der Waals surface area contributed by atoms with Gasteiger partial charge in [-0.15, -0.1) is 0 Å². The summed E-state index contributed by atoms with van der Waals surface area (Å²) in [6.07, 6.45) is 1.18. The number of hydrogen-bond acceptors (Lipinski definition) is 2. The average molecular weight is 209 g/mol. The molecule has 1 aliphatic heterocycles. The zero-order chi connectivity index (χ0) is 10.8. The molecular formula is C12H16FNO. The van der Waals surface area contributed by atoms with Crippen LogP contribution in [0.3, 0.4) is 0 Å². The predicted octanol–water partition coefficient (Wildman–Crippen LogP) is 2.72. The van der Waals surface area contributed by atoms with Gasteiger partial charge in [-0.1, -0.05) is 6.07 Å². The van der Waals surface area contributed by atoms with Crippen LogP contribution in [-0.2, 0) is 4.74 Å². The van der Waals surface area contributed by atoms with Crippen molar-refractivity contribution >= 4 is 5.69 Å². The molecule has 1 N–H and O–H groups in total. The summed E-state index contributed by atoms with van der Waals surface area (Å²) in [5, 5.41) is 3.33. The highest BCUT2D eigenvalue weighted by atomic mass is 19.1. The molecule has 1 aromatic rings. The largest absolute Gasteiger partial charge is 0.379 e. The minimum atomic E-state index is -0.161.